The Morgan fingerprint density at radius 1 is 1.18 bits per heavy atom. The molecule has 12 heteroatoms. The van der Waals surface area contributed by atoms with Crippen molar-refractivity contribution >= 4 is 11.8 Å². The lowest BCUT2D eigenvalue weighted by Gasteiger charge is -2.40. The number of thioether (sulfide) groups is 1. The summed E-state index contributed by atoms with van der Waals surface area (Å²) in [5.74, 6) is -0.359. The van der Waals surface area contributed by atoms with Crippen LogP contribution >= 0.6 is 11.8 Å². The number of benzene rings is 1. The van der Waals surface area contributed by atoms with Crippen molar-refractivity contribution in [1.29, 1.82) is 0 Å². The fourth-order valence-electron chi connectivity index (χ4n) is 3.45. The van der Waals surface area contributed by atoms with Gasteiger partial charge >= 0.3 is 6.33 Å². The van der Waals surface area contributed by atoms with Crippen LogP contribution in [0.4, 0.5) is 8.78 Å². The highest BCUT2D eigenvalue weighted by atomic mass is 32.2. The van der Waals surface area contributed by atoms with E-state index < -0.39 is 22.0 Å². The monoisotopic (exact) mass is 473 g/mol. The van der Waals surface area contributed by atoms with E-state index in [1.807, 2.05) is 6.92 Å². The maximum atomic E-state index is 14.9. The first-order valence-electron chi connectivity index (χ1n) is 10.2. The molecule has 0 saturated heterocycles. The lowest BCUT2D eigenvalue weighted by molar-refractivity contribution is -0.765. The van der Waals surface area contributed by atoms with Gasteiger partial charge in [0, 0.05) is 18.1 Å². The van der Waals surface area contributed by atoms with Crippen LogP contribution in [0.5, 0.6) is 0 Å². The quantitative estimate of drug-likeness (QED) is 0.299. The molecule has 0 spiro atoms. The van der Waals surface area contributed by atoms with Gasteiger partial charge in [0.1, 0.15) is 41.5 Å². The van der Waals surface area contributed by atoms with Gasteiger partial charge in [-0.3, -0.25) is 0 Å². The topological polar surface area (TPSA) is 109 Å². The third-order valence-electron chi connectivity index (χ3n) is 5.37. The van der Waals surface area contributed by atoms with E-state index in [0.717, 1.165) is 18.0 Å². The summed E-state index contributed by atoms with van der Waals surface area (Å²) < 4.78 is 30.6. The van der Waals surface area contributed by atoms with Crippen molar-refractivity contribution in [2.24, 2.45) is 0 Å². The Kier molecular flexibility index (Phi) is 6.21. The lowest BCUT2D eigenvalue weighted by atomic mass is 9.82. The summed E-state index contributed by atoms with van der Waals surface area (Å²) in [7, 11) is 0. The molecule has 3 heterocycles. The van der Waals surface area contributed by atoms with Crippen LogP contribution in [0.25, 0.3) is 5.82 Å². The van der Waals surface area contributed by atoms with Gasteiger partial charge in [0.15, 0.2) is 5.82 Å². The van der Waals surface area contributed by atoms with Crippen molar-refractivity contribution < 1.29 is 18.6 Å². The molecule has 0 saturated carbocycles. The summed E-state index contributed by atoms with van der Waals surface area (Å²) in [6, 6.07) is 6.62. The molecule has 0 amide bonds. The molecule has 3 aromatic heterocycles. The second kappa shape index (κ2) is 8.94. The van der Waals surface area contributed by atoms with Crippen LogP contribution in [0.3, 0.4) is 0 Å². The summed E-state index contributed by atoms with van der Waals surface area (Å²) in [5, 5.41) is 27.9. The molecule has 0 aliphatic carbocycles. The maximum Gasteiger partial charge on any atom is 0.307 e. The van der Waals surface area contributed by atoms with E-state index in [0.29, 0.717) is 17.3 Å². The highest BCUT2D eigenvalue weighted by Gasteiger charge is 2.50. The van der Waals surface area contributed by atoms with Crippen LogP contribution in [0, 0.1) is 11.6 Å². The number of H-pyrrole nitrogens is 1. The Morgan fingerprint density at radius 2 is 2.00 bits per heavy atom. The zero-order valence-corrected chi connectivity index (χ0v) is 19.1. The van der Waals surface area contributed by atoms with Gasteiger partial charge < -0.3 is 5.11 Å². The summed E-state index contributed by atoms with van der Waals surface area (Å²) >= 11 is 1.22. The second-order valence-corrected chi connectivity index (χ2v) is 9.59. The van der Waals surface area contributed by atoms with E-state index in [1.165, 1.54) is 35.2 Å². The van der Waals surface area contributed by atoms with Gasteiger partial charge in [-0.2, -0.15) is 14.9 Å². The first-order valence-corrected chi connectivity index (χ1v) is 11.0. The lowest BCUT2D eigenvalue weighted by Crippen LogP contribution is -2.56. The van der Waals surface area contributed by atoms with Crippen molar-refractivity contribution in [2.75, 3.05) is 0 Å². The average Bonchev–Trinajstić information content (AvgIpc) is 3.46. The molecule has 0 radical (unpaired) electrons. The zero-order valence-electron chi connectivity index (χ0n) is 18.3. The molecular weight excluding hydrogens is 450 g/mol. The number of nitrogens with zero attached hydrogens (tertiary/aromatic N) is 7. The molecule has 4 rings (SSSR count). The normalized spacial score (nSPS) is 13.8. The van der Waals surface area contributed by atoms with Crippen molar-refractivity contribution in [3.8, 4) is 5.82 Å². The molecule has 33 heavy (non-hydrogen) atoms. The van der Waals surface area contributed by atoms with E-state index in [9.17, 15) is 13.9 Å². The van der Waals surface area contributed by atoms with Crippen molar-refractivity contribution in [1.82, 2.24) is 35.0 Å². The van der Waals surface area contributed by atoms with Gasteiger partial charge in [0.05, 0.1) is 4.75 Å². The fraction of sp³-hybridized carbons (Fsp3) is 0.333. The van der Waals surface area contributed by atoms with Crippen LogP contribution in [0.1, 0.15) is 32.2 Å². The van der Waals surface area contributed by atoms with E-state index >= 15 is 0 Å². The van der Waals surface area contributed by atoms with Gasteiger partial charge in [-0.15, -0.1) is 10.2 Å². The highest BCUT2D eigenvalue weighted by molar-refractivity contribution is 8.00. The summed E-state index contributed by atoms with van der Waals surface area (Å²) in [6.07, 6.45) is 5.10. The van der Waals surface area contributed by atoms with E-state index in [2.05, 4.69) is 30.4 Å². The number of aromatic nitrogens is 8. The summed E-state index contributed by atoms with van der Waals surface area (Å²) in [6.45, 7) is 5.43. The Bertz CT molecular complexity index is 1230. The van der Waals surface area contributed by atoms with Crippen LogP contribution < -0.4 is 4.68 Å². The number of nitrogens with one attached hydrogen (secondary N) is 1. The molecule has 0 fully saturated rings. The first kappa shape index (κ1) is 22.9. The summed E-state index contributed by atoms with van der Waals surface area (Å²) in [4.78, 5) is 8.13. The van der Waals surface area contributed by atoms with Crippen molar-refractivity contribution in [2.45, 2.75) is 49.1 Å². The Hall–Kier alpha value is -3.25. The molecule has 0 bridgehead atoms. The molecule has 0 unspecified atom stereocenters. The number of aliphatic hydroxyl groups is 1. The minimum Gasteiger partial charge on any atom is -0.379 e. The second-order valence-electron chi connectivity index (χ2n) is 7.95. The third-order valence-corrected chi connectivity index (χ3v) is 6.65. The smallest absolute Gasteiger partial charge is 0.307 e. The minimum absolute atomic E-state index is 0.0336. The minimum atomic E-state index is -1.77. The number of halogens is 2. The predicted octanol–water partition coefficient (Wildman–Crippen LogP) is 2.37. The van der Waals surface area contributed by atoms with E-state index in [-0.39, 0.29) is 12.1 Å². The number of aromatic amines is 1. The Labute approximate surface area is 192 Å². The van der Waals surface area contributed by atoms with Gasteiger partial charge in [0.2, 0.25) is 0 Å². The van der Waals surface area contributed by atoms with E-state index in [1.54, 1.807) is 37.0 Å². The zero-order chi connectivity index (χ0) is 23.6. The number of hydrogen-bond acceptors (Lipinski definition) is 7. The fourth-order valence-corrected chi connectivity index (χ4v) is 4.53. The summed E-state index contributed by atoms with van der Waals surface area (Å²) in [5.41, 5.74) is -1.81. The third kappa shape index (κ3) is 4.62. The molecule has 1 atom stereocenters. The first-order chi connectivity index (χ1) is 15.7. The SMILES string of the molecule is CCc1nc[n+](C[C@](O)(c2ccc(F)cc2F)C(C)(C)Sc2ccc(-n3cncn3)nn2)[nH]1. The van der Waals surface area contributed by atoms with Crippen molar-refractivity contribution in [3.63, 3.8) is 0 Å². The number of aryl methyl sites for hydroxylation is 1. The standard InChI is InChI=1S/C21H22F2N8OS/c1-4-17-25-13-30(29-17)10-21(32,15-6-5-14(22)9-16(15)23)20(2,3)33-19-8-7-18(27-28-19)31-12-24-11-26-31/h5-9,11-13,32H,4,10H2,1-3H3/p+1/t21-/m0/s1. The molecule has 9 nitrogen and oxygen atoms in total. The molecule has 2 N–H and O–H groups in total. The maximum absolute atomic E-state index is 14.9. The molecular formula is C21H23F2N8OS+. The largest absolute Gasteiger partial charge is 0.379 e. The highest BCUT2D eigenvalue weighted by Crippen LogP contribution is 2.46. The number of hydrogen-bond donors (Lipinski definition) is 2. The van der Waals surface area contributed by atoms with Crippen LogP contribution in [-0.2, 0) is 18.6 Å². The van der Waals surface area contributed by atoms with Gasteiger partial charge in [-0.05, 0) is 37.0 Å². The van der Waals surface area contributed by atoms with E-state index in [4.69, 9.17) is 0 Å². The molecule has 4 aromatic rings. The molecule has 0 aliphatic rings. The van der Waals surface area contributed by atoms with Gasteiger partial charge in [0.25, 0.3) is 5.82 Å². The molecule has 1 aromatic carbocycles. The van der Waals surface area contributed by atoms with Crippen LogP contribution in [-0.4, -0.2) is 44.9 Å². The van der Waals surface area contributed by atoms with Gasteiger partial charge in [-0.25, -0.2) is 18.4 Å². The van der Waals surface area contributed by atoms with Crippen molar-refractivity contribution in [3.05, 3.63) is 72.3 Å². The predicted molar refractivity (Wildman–Crippen MR) is 115 cm³/mol. The Balaban J connectivity index is 1.70. The Morgan fingerprint density at radius 3 is 2.61 bits per heavy atom. The van der Waals surface area contributed by atoms with Crippen LogP contribution in [0.15, 0.2) is 54.3 Å². The average molecular weight is 474 g/mol. The number of rotatable bonds is 8. The molecule has 0 aliphatic heterocycles. The van der Waals surface area contributed by atoms with Gasteiger partial charge in [-0.1, -0.05) is 24.8 Å². The molecule has 172 valence electrons. The van der Waals surface area contributed by atoms with Crippen LogP contribution in [0.2, 0.25) is 0 Å².